The lowest BCUT2D eigenvalue weighted by Crippen LogP contribution is -2.46. The summed E-state index contributed by atoms with van der Waals surface area (Å²) in [5, 5.41) is 3.51. The molecule has 0 aromatic heterocycles. The van der Waals surface area contributed by atoms with E-state index in [4.69, 9.17) is 9.73 Å². The van der Waals surface area contributed by atoms with Crippen molar-refractivity contribution in [1.29, 1.82) is 0 Å². The van der Waals surface area contributed by atoms with Crippen LogP contribution in [0.15, 0.2) is 35.3 Å². The molecule has 0 radical (unpaired) electrons. The molecule has 1 N–H and O–H groups in total. The Labute approximate surface area is 205 Å². The molecular formula is C24H40IN5O. The number of rotatable bonds is 7. The summed E-state index contributed by atoms with van der Waals surface area (Å²) < 4.78 is 5.68. The second kappa shape index (κ2) is 12.4. The molecule has 3 fully saturated rings. The molecule has 3 aliphatic rings. The first-order valence-corrected chi connectivity index (χ1v) is 11.9. The summed E-state index contributed by atoms with van der Waals surface area (Å²) in [4.78, 5) is 12.6. The summed E-state index contributed by atoms with van der Waals surface area (Å²) >= 11 is 0. The van der Waals surface area contributed by atoms with Gasteiger partial charge in [0.25, 0.3) is 0 Å². The lowest BCUT2D eigenvalue weighted by atomic mass is 9.87. The normalized spacial score (nSPS) is 25.2. The molecule has 174 valence electrons. The average molecular weight is 542 g/mol. The first-order chi connectivity index (χ1) is 14.8. The number of likely N-dealkylation sites (tertiary alicyclic amines) is 1. The van der Waals surface area contributed by atoms with Crippen molar-refractivity contribution >= 4 is 29.9 Å². The minimum absolute atomic E-state index is 0. The van der Waals surface area contributed by atoms with Crippen molar-refractivity contribution in [3.05, 3.63) is 35.9 Å². The second-order valence-corrected chi connectivity index (χ2v) is 9.17. The molecule has 0 saturated carbocycles. The van der Waals surface area contributed by atoms with Gasteiger partial charge in [-0.3, -0.25) is 9.89 Å². The van der Waals surface area contributed by atoms with Crippen molar-refractivity contribution in [1.82, 2.24) is 20.0 Å². The molecule has 1 spiro atoms. The van der Waals surface area contributed by atoms with Crippen LogP contribution in [0.4, 0.5) is 0 Å². The summed E-state index contributed by atoms with van der Waals surface area (Å²) in [5.74, 6) is 1.11. The van der Waals surface area contributed by atoms with Crippen LogP contribution < -0.4 is 5.32 Å². The van der Waals surface area contributed by atoms with Gasteiger partial charge in [-0.25, -0.2) is 0 Å². The van der Waals surface area contributed by atoms with Gasteiger partial charge in [0.15, 0.2) is 5.96 Å². The van der Waals surface area contributed by atoms with Crippen molar-refractivity contribution in [3.8, 4) is 0 Å². The van der Waals surface area contributed by atoms with Crippen molar-refractivity contribution in [2.45, 2.75) is 32.7 Å². The Kier molecular flexibility index (Phi) is 9.87. The summed E-state index contributed by atoms with van der Waals surface area (Å²) in [5.41, 5.74) is 1.81. The van der Waals surface area contributed by atoms with Gasteiger partial charge < -0.3 is 19.9 Å². The van der Waals surface area contributed by atoms with Crippen LogP contribution in [-0.4, -0.2) is 92.8 Å². The lowest BCUT2D eigenvalue weighted by molar-refractivity contribution is 0.127. The van der Waals surface area contributed by atoms with Crippen LogP contribution in [0.2, 0.25) is 0 Å². The SMILES string of the molecule is CCNC(=NCCCN1CCN(Cc2ccccc2)CC1)N1CCC2(CCOC2)C1.I. The van der Waals surface area contributed by atoms with E-state index in [1.165, 1.54) is 44.6 Å². The standard InChI is InChI=1S/C24H39N5O.HI/c1-2-25-23(29-13-9-24(20-29)10-18-30-21-24)26-11-6-12-27-14-16-28(17-15-27)19-22-7-4-3-5-8-22;/h3-5,7-8H,2,6,9-21H2,1H3,(H,25,26);1H. The van der Waals surface area contributed by atoms with E-state index in [2.05, 4.69) is 57.3 Å². The Morgan fingerprint density at radius 2 is 1.84 bits per heavy atom. The van der Waals surface area contributed by atoms with Gasteiger partial charge in [-0.2, -0.15) is 0 Å². The van der Waals surface area contributed by atoms with Gasteiger partial charge in [0.05, 0.1) is 6.61 Å². The van der Waals surface area contributed by atoms with Crippen molar-refractivity contribution < 1.29 is 4.74 Å². The number of aliphatic imine (C=N–C) groups is 1. The average Bonchev–Trinajstić information content (AvgIpc) is 3.42. The Balaban J connectivity index is 0.00000272. The topological polar surface area (TPSA) is 43.3 Å². The fourth-order valence-electron chi connectivity index (χ4n) is 5.01. The van der Waals surface area contributed by atoms with E-state index in [0.717, 1.165) is 64.9 Å². The minimum atomic E-state index is 0. The smallest absolute Gasteiger partial charge is 0.193 e. The molecule has 6 nitrogen and oxygen atoms in total. The Hall–Kier alpha value is -0.900. The molecule has 3 saturated heterocycles. The lowest BCUT2D eigenvalue weighted by Gasteiger charge is -2.34. The highest BCUT2D eigenvalue weighted by Crippen LogP contribution is 2.38. The van der Waals surface area contributed by atoms with Gasteiger partial charge in [-0.15, -0.1) is 24.0 Å². The number of nitrogens with one attached hydrogen (secondary N) is 1. The first kappa shape index (κ1) is 24.7. The maximum absolute atomic E-state index is 5.68. The third kappa shape index (κ3) is 7.04. The molecule has 0 bridgehead atoms. The number of piperazine rings is 1. The van der Waals surface area contributed by atoms with Crippen LogP contribution in [0.5, 0.6) is 0 Å². The van der Waals surface area contributed by atoms with Gasteiger partial charge in [0.2, 0.25) is 0 Å². The zero-order valence-corrected chi connectivity index (χ0v) is 21.4. The number of benzene rings is 1. The van der Waals surface area contributed by atoms with Gasteiger partial charge in [0.1, 0.15) is 0 Å². The molecule has 3 aliphatic heterocycles. The van der Waals surface area contributed by atoms with E-state index >= 15 is 0 Å². The maximum atomic E-state index is 5.68. The number of ether oxygens (including phenoxy) is 1. The molecule has 7 heteroatoms. The summed E-state index contributed by atoms with van der Waals surface area (Å²) in [6, 6.07) is 10.8. The molecule has 1 atom stereocenters. The quantitative estimate of drug-likeness (QED) is 0.249. The molecular weight excluding hydrogens is 501 g/mol. The van der Waals surface area contributed by atoms with Crippen LogP contribution in [0, 0.1) is 5.41 Å². The van der Waals surface area contributed by atoms with E-state index in [-0.39, 0.29) is 24.0 Å². The number of nitrogens with zero attached hydrogens (tertiary/aromatic N) is 4. The van der Waals surface area contributed by atoms with Crippen molar-refractivity contribution in [2.75, 3.05) is 72.1 Å². The third-order valence-electron chi connectivity index (χ3n) is 6.87. The molecule has 0 aliphatic carbocycles. The largest absolute Gasteiger partial charge is 0.381 e. The highest BCUT2D eigenvalue weighted by molar-refractivity contribution is 14.0. The summed E-state index contributed by atoms with van der Waals surface area (Å²) in [6.45, 7) is 15.0. The van der Waals surface area contributed by atoms with Crippen LogP contribution in [-0.2, 0) is 11.3 Å². The van der Waals surface area contributed by atoms with E-state index < -0.39 is 0 Å². The zero-order chi connectivity index (χ0) is 20.7. The van der Waals surface area contributed by atoms with Gasteiger partial charge >= 0.3 is 0 Å². The van der Waals surface area contributed by atoms with Crippen LogP contribution in [0.3, 0.4) is 0 Å². The molecule has 4 rings (SSSR count). The zero-order valence-electron chi connectivity index (χ0n) is 19.1. The van der Waals surface area contributed by atoms with Crippen LogP contribution in [0.1, 0.15) is 31.7 Å². The summed E-state index contributed by atoms with van der Waals surface area (Å²) in [7, 11) is 0. The fourth-order valence-corrected chi connectivity index (χ4v) is 5.01. The van der Waals surface area contributed by atoms with E-state index in [9.17, 15) is 0 Å². The third-order valence-corrected chi connectivity index (χ3v) is 6.87. The highest BCUT2D eigenvalue weighted by Gasteiger charge is 2.42. The number of hydrogen-bond acceptors (Lipinski definition) is 4. The van der Waals surface area contributed by atoms with Gasteiger partial charge in [-0.05, 0) is 31.7 Å². The van der Waals surface area contributed by atoms with Crippen LogP contribution in [0.25, 0.3) is 0 Å². The predicted molar refractivity (Wildman–Crippen MR) is 138 cm³/mol. The molecule has 1 unspecified atom stereocenters. The first-order valence-electron chi connectivity index (χ1n) is 11.9. The number of hydrogen-bond donors (Lipinski definition) is 1. The molecule has 1 aromatic rings. The number of halogens is 1. The second-order valence-electron chi connectivity index (χ2n) is 9.17. The minimum Gasteiger partial charge on any atom is -0.381 e. The summed E-state index contributed by atoms with van der Waals surface area (Å²) in [6.07, 6.45) is 3.58. The number of guanidine groups is 1. The molecule has 1 aromatic carbocycles. The van der Waals surface area contributed by atoms with E-state index in [0.29, 0.717) is 5.41 Å². The fraction of sp³-hybridized carbons (Fsp3) is 0.708. The van der Waals surface area contributed by atoms with Crippen molar-refractivity contribution in [3.63, 3.8) is 0 Å². The molecule has 3 heterocycles. The Bertz CT molecular complexity index is 672. The molecule has 0 amide bonds. The van der Waals surface area contributed by atoms with Gasteiger partial charge in [0, 0.05) is 77.5 Å². The Morgan fingerprint density at radius 3 is 2.55 bits per heavy atom. The van der Waals surface area contributed by atoms with E-state index in [1.807, 2.05) is 0 Å². The molecule has 31 heavy (non-hydrogen) atoms. The van der Waals surface area contributed by atoms with E-state index in [1.54, 1.807) is 0 Å². The maximum Gasteiger partial charge on any atom is 0.193 e. The Morgan fingerprint density at radius 1 is 1.06 bits per heavy atom. The van der Waals surface area contributed by atoms with Crippen molar-refractivity contribution in [2.24, 2.45) is 10.4 Å². The van der Waals surface area contributed by atoms with Gasteiger partial charge in [-0.1, -0.05) is 30.3 Å². The monoisotopic (exact) mass is 541 g/mol. The van der Waals surface area contributed by atoms with Crippen LogP contribution >= 0.6 is 24.0 Å². The predicted octanol–water partition coefficient (Wildman–Crippen LogP) is 2.89. The highest BCUT2D eigenvalue weighted by atomic mass is 127.